The number of tetrazole rings is 4. The summed E-state index contributed by atoms with van der Waals surface area (Å²) in [7, 11) is 0. The molecule has 0 unspecified atom stereocenters. The van der Waals surface area contributed by atoms with E-state index >= 15 is 0 Å². The van der Waals surface area contributed by atoms with Gasteiger partial charge in [0.15, 0.2) is 23.3 Å². The highest BCUT2D eigenvalue weighted by Crippen LogP contribution is 2.07. The monoisotopic (exact) mass is 649 g/mol. The van der Waals surface area contributed by atoms with Gasteiger partial charge in [0.25, 0.3) is 0 Å². The van der Waals surface area contributed by atoms with E-state index in [4.69, 9.17) is 5.84 Å². The van der Waals surface area contributed by atoms with Crippen molar-refractivity contribution in [3.8, 4) is 0 Å². The second-order valence-electron chi connectivity index (χ2n) is 11.5. The highest BCUT2D eigenvalue weighted by atomic mass is 15.6. The number of hydrazine groups is 1. The van der Waals surface area contributed by atoms with Crippen molar-refractivity contribution in [3.05, 3.63) is 23.3 Å². The Morgan fingerprint density at radius 1 is 0.478 bits per heavy atom. The van der Waals surface area contributed by atoms with E-state index in [1.165, 1.54) is 4.80 Å². The Morgan fingerprint density at radius 2 is 0.717 bits per heavy atom. The molecular weight excluding hydrogens is 588 g/mol. The topological polar surface area (TPSA) is 212 Å². The van der Waals surface area contributed by atoms with Crippen molar-refractivity contribution in [2.75, 3.05) is 6.54 Å². The van der Waals surface area contributed by atoms with Crippen molar-refractivity contribution < 1.29 is 0 Å². The Kier molecular flexibility index (Phi) is 21.6. The van der Waals surface area contributed by atoms with Crippen LogP contribution >= 0.6 is 0 Å². The zero-order chi connectivity index (χ0) is 33.8. The normalized spacial score (nSPS) is 10.7. The number of nitrogens with one attached hydrogen (secondary N) is 1. The van der Waals surface area contributed by atoms with Crippen LogP contribution in [-0.2, 0) is 26.2 Å². The van der Waals surface area contributed by atoms with Crippen molar-refractivity contribution in [3.63, 3.8) is 0 Å². The molecule has 4 rings (SSSR count). The van der Waals surface area contributed by atoms with E-state index in [2.05, 4.69) is 129 Å². The molecule has 0 saturated carbocycles. The van der Waals surface area contributed by atoms with E-state index in [-0.39, 0.29) is 7.43 Å². The molecule has 0 bridgehead atoms. The lowest BCUT2D eigenvalue weighted by atomic mass is 10.2. The molecule has 0 amide bonds. The lowest BCUT2D eigenvalue weighted by Crippen LogP contribution is -2.27. The molecule has 46 heavy (non-hydrogen) atoms. The summed E-state index contributed by atoms with van der Waals surface area (Å²) in [5.74, 6) is 9.82. The minimum absolute atomic E-state index is 0. The standard InChI is InChI=1S/3C7H14N4.C6H14N6.CH4/c3*1-4-5-11-9-7(6(2)3)8-10-11;1-5(2)6-9-11-12(10-6)4-3-8-7;/h3*6H,4-5H2,1-3H3;5,8H,3-4,7H2,1-2H3;1H4. The van der Waals surface area contributed by atoms with E-state index in [0.29, 0.717) is 36.8 Å². The maximum Gasteiger partial charge on any atom is 0.177 e. The van der Waals surface area contributed by atoms with Crippen molar-refractivity contribution in [1.82, 2.24) is 86.3 Å². The van der Waals surface area contributed by atoms with Crippen LogP contribution in [0.1, 0.15) is 150 Å². The van der Waals surface area contributed by atoms with Gasteiger partial charge in [0, 0.05) is 30.2 Å². The minimum atomic E-state index is 0. The van der Waals surface area contributed by atoms with Crippen LogP contribution in [0, 0.1) is 0 Å². The Bertz CT molecular complexity index is 1150. The van der Waals surface area contributed by atoms with Gasteiger partial charge in [-0.1, -0.05) is 83.6 Å². The Labute approximate surface area is 274 Å². The summed E-state index contributed by atoms with van der Waals surface area (Å²) >= 11 is 0. The first-order chi connectivity index (χ1) is 21.4. The molecule has 0 aliphatic heterocycles. The van der Waals surface area contributed by atoms with Gasteiger partial charge in [-0.15, -0.1) is 40.8 Å². The van der Waals surface area contributed by atoms with E-state index in [0.717, 1.165) is 62.2 Å². The van der Waals surface area contributed by atoms with Gasteiger partial charge in [0.1, 0.15) is 0 Å². The number of hydrogen-bond donors (Lipinski definition) is 2. The maximum atomic E-state index is 5.10. The molecular formula is C28H60N18. The van der Waals surface area contributed by atoms with E-state index in [9.17, 15) is 0 Å². The van der Waals surface area contributed by atoms with Gasteiger partial charge in [-0.25, -0.2) is 0 Å². The van der Waals surface area contributed by atoms with Crippen LogP contribution in [0.25, 0.3) is 0 Å². The molecule has 18 nitrogen and oxygen atoms in total. The first-order valence-electron chi connectivity index (χ1n) is 16.0. The number of nitrogens with zero attached hydrogens (tertiary/aromatic N) is 16. The smallest absolute Gasteiger partial charge is 0.177 e. The largest absolute Gasteiger partial charge is 0.271 e. The number of hydrogen-bond acceptors (Lipinski definition) is 14. The SMILES string of the molecule is C.CC(C)c1nnn(CCNN)n1.CCCn1nnc(C(C)C)n1.CCCn1nnc(C(C)C)n1.CCCn1nnc(C(C)C)n1. The van der Waals surface area contributed by atoms with Crippen molar-refractivity contribution in [1.29, 1.82) is 0 Å². The fraction of sp³-hybridized carbons (Fsp3) is 0.857. The molecule has 0 atom stereocenters. The lowest BCUT2D eigenvalue weighted by molar-refractivity contribution is 0.495. The molecule has 0 aromatic carbocycles. The first-order valence-corrected chi connectivity index (χ1v) is 16.0. The molecule has 0 saturated heterocycles. The first kappa shape index (κ1) is 42.2. The average molecular weight is 649 g/mol. The number of nitrogens with two attached hydrogens (primary N) is 1. The van der Waals surface area contributed by atoms with E-state index < -0.39 is 0 Å². The predicted molar refractivity (Wildman–Crippen MR) is 177 cm³/mol. The van der Waals surface area contributed by atoms with Crippen LogP contribution in [0.15, 0.2) is 0 Å². The van der Waals surface area contributed by atoms with Gasteiger partial charge >= 0.3 is 0 Å². The van der Waals surface area contributed by atoms with Crippen molar-refractivity contribution in [2.24, 2.45) is 5.84 Å². The van der Waals surface area contributed by atoms with Gasteiger partial charge < -0.3 is 0 Å². The van der Waals surface area contributed by atoms with Crippen LogP contribution in [-0.4, -0.2) is 87.4 Å². The van der Waals surface area contributed by atoms with Gasteiger partial charge in [-0.2, -0.15) is 19.2 Å². The minimum Gasteiger partial charge on any atom is -0.271 e. The summed E-state index contributed by atoms with van der Waals surface area (Å²) in [5.41, 5.74) is 2.53. The Hall–Kier alpha value is -3.80. The summed E-state index contributed by atoms with van der Waals surface area (Å²) in [6.07, 6.45) is 3.15. The third-order valence-electron chi connectivity index (χ3n) is 5.67. The summed E-state index contributed by atoms with van der Waals surface area (Å²) in [6, 6.07) is 0. The number of rotatable bonds is 13. The molecule has 0 spiro atoms. The number of aryl methyl sites for hydroxylation is 3. The lowest BCUT2D eigenvalue weighted by Gasteiger charge is -1.96. The third-order valence-corrected chi connectivity index (χ3v) is 5.67. The van der Waals surface area contributed by atoms with Crippen LogP contribution in [0.3, 0.4) is 0 Å². The average Bonchev–Trinajstić information content (AvgIpc) is 3.81. The second kappa shape index (κ2) is 23.5. The van der Waals surface area contributed by atoms with Crippen LogP contribution in [0.2, 0.25) is 0 Å². The maximum absolute atomic E-state index is 5.10. The number of aromatic nitrogens is 16. The fourth-order valence-electron chi connectivity index (χ4n) is 3.09. The molecule has 4 aromatic rings. The molecule has 0 aliphatic carbocycles. The van der Waals surface area contributed by atoms with Crippen LogP contribution in [0.4, 0.5) is 0 Å². The molecule has 18 heteroatoms. The molecule has 0 fully saturated rings. The van der Waals surface area contributed by atoms with Gasteiger partial charge in [-0.05, 0) is 40.1 Å². The molecule has 4 heterocycles. The Morgan fingerprint density at radius 3 is 0.891 bits per heavy atom. The van der Waals surface area contributed by atoms with Gasteiger partial charge in [-0.3, -0.25) is 11.3 Å². The predicted octanol–water partition coefficient (Wildman–Crippen LogP) is 3.52. The molecule has 262 valence electrons. The van der Waals surface area contributed by atoms with Gasteiger partial charge in [0.2, 0.25) is 0 Å². The summed E-state index contributed by atoms with van der Waals surface area (Å²) < 4.78 is 0. The van der Waals surface area contributed by atoms with Gasteiger partial charge in [0.05, 0.1) is 26.2 Å². The quantitative estimate of drug-likeness (QED) is 0.157. The van der Waals surface area contributed by atoms with Crippen LogP contribution < -0.4 is 11.3 Å². The van der Waals surface area contributed by atoms with Crippen molar-refractivity contribution >= 4 is 0 Å². The zero-order valence-electron chi connectivity index (χ0n) is 29.2. The summed E-state index contributed by atoms with van der Waals surface area (Å²) in [5, 5.41) is 47.9. The fourth-order valence-corrected chi connectivity index (χ4v) is 3.09. The molecule has 4 aromatic heterocycles. The highest BCUT2D eigenvalue weighted by Gasteiger charge is 2.07. The molecule has 3 N–H and O–H groups in total. The zero-order valence-corrected chi connectivity index (χ0v) is 29.2. The van der Waals surface area contributed by atoms with Crippen LogP contribution in [0.5, 0.6) is 0 Å². The van der Waals surface area contributed by atoms with E-state index in [1.54, 1.807) is 14.4 Å². The summed E-state index contributed by atoms with van der Waals surface area (Å²) in [6.45, 7) is 26.6. The molecule has 0 aliphatic rings. The third kappa shape index (κ3) is 16.5. The molecule has 0 radical (unpaired) electrons. The van der Waals surface area contributed by atoms with E-state index in [1.807, 2.05) is 13.8 Å². The Balaban J connectivity index is 0.000000583. The second-order valence-corrected chi connectivity index (χ2v) is 11.5. The summed E-state index contributed by atoms with van der Waals surface area (Å²) in [4.78, 5) is 6.48. The highest BCUT2D eigenvalue weighted by molar-refractivity contribution is 4.86. The van der Waals surface area contributed by atoms with Crippen molar-refractivity contribution in [2.45, 2.75) is 153 Å².